The van der Waals surface area contributed by atoms with Gasteiger partial charge in [0.15, 0.2) is 0 Å². The highest BCUT2D eigenvalue weighted by Crippen LogP contribution is 2.12. The zero-order chi connectivity index (χ0) is 16.8. The van der Waals surface area contributed by atoms with Crippen molar-refractivity contribution >= 4 is 11.6 Å². The van der Waals surface area contributed by atoms with Gasteiger partial charge in [0, 0.05) is 12.2 Å². The largest absolute Gasteiger partial charge is 0.325 e. The second-order valence-electron chi connectivity index (χ2n) is 5.40. The Hall–Kier alpha value is -2.71. The van der Waals surface area contributed by atoms with Crippen molar-refractivity contribution < 1.29 is 9.18 Å². The maximum Gasteiger partial charge on any atom is 0.241 e. The minimum absolute atomic E-state index is 0.162. The van der Waals surface area contributed by atoms with Gasteiger partial charge in [-0.15, -0.1) is 0 Å². The predicted octanol–water partition coefficient (Wildman–Crippen LogP) is 3.16. The molecule has 1 atom stereocenters. The molecule has 1 amide bonds. The average molecular weight is 311 g/mol. The van der Waals surface area contributed by atoms with Crippen molar-refractivity contribution in [1.29, 1.82) is 5.26 Å². The van der Waals surface area contributed by atoms with Crippen molar-refractivity contribution in [3.8, 4) is 6.07 Å². The third-order valence-corrected chi connectivity index (χ3v) is 3.65. The van der Waals surface area contributed by atoms with Crippen molar-refractivity contribution in [2.75, 3.05) is 12.4 Å². The summed E-state index contributed by atoms with van der Waals surface area (Å²) in [6, 6.07) is 14.7. The zero-order valence-electron chi connectivity index (χ0n) is 13.1. The summed E-state index contributed by atoms with van der Waals surface area (Å²) in [5.41, 5.74) is 2.02. The van der Waals surface area contributed by atoms with Crippen LogP contribution in [0.25, 0.3) is 0 Å². The third kappa shape index (κ3) is 4.63. The van der Waals surface area contributed by atoms with E-state index < -0.39 is 0 Å². The highest BCUT2D eigenvalue weighted by atomic mass is 19.1. The molecule has 0 heterocycles. The van der Waals surface area contributed by atoms with Crippen molar-refractivity contribution in [2.45, 2.75) is 19.5 Å². The van der Waals surface area contributed by atoms with Crippen molar-refractivity contribution in [3.05, 3.63) is 65.5 Å². The fourth-order valence-electron chi connectivity index (χ4n) is 2.13. The molecule has 0 spiro atoms. The van der Waals surface area contributed by atoms with Crippen LogP contribution in [0.2, 0.25) is 0 Å². The first kappa shape index (κ1) is 16.7. The summed E-state index contributed by atoms with van der Waals surface area (Å²) in [5.74, 6) is -0.440. The van der Waals surface area contributed by atoms with E-state index in [-0.39, 0.29) is 17.8 Å². The molecule has 23 heavy (non-hydrogen) atoms. The van der Waals surface area contributed by atoms with Crippen LogP contribution in [0.15, 0.2) is 48.5 Å². The number of carbonyl (C=O) groups excluding carboxylic acids is 1. The van der Waals surface area contributed by atoms with Crippen LogP contribution in [-0.2, 0) is 11.3 Å². The van der Waals surface area contributed by atoms with Crippen LogP contribution in [0, 0.1) is 17.1 Å². The van der Waals surface area contributed by atoms with Gasteiger partial charge >= 0.3 is 0 Å². The molecule has 0 aliphatic heterocycles. The van der Waals surface area contributed by atoms with Gasteiger partial charge in [-0.25, -0.2) is 4.39 Å². The molecule has 0 bridgehead atoms. The second-order valence-corrected chi connectivity index (χ2v) is 5.40. The SMILES string of the molecule is C[C@H](C(=O)Nc1cccc(C#N)c1)N(C)Cc1ccc(F)cc1. The summed E-state index contributed by atoms with van der Waals surface area (Å²) in [7, 11) is 1.83. The van der Waals surface area contributed by atoms with Gasteiger partial charge in [0.1, 0.15) is 5.82 Å². The Morgan fingerprint density at radius 3 is 2.65 bits per heavy atom. The van der Waals surface area contributed by atoms with Crippen LogP contribution in [0.4, 0.5) is 10.1 Å². The van der Waals surface area contributed by atoms with E-state index in [2.05, 4.69) is 5.32 Å². The Morgan fingerprint density at radius 1 is 1.30 bits per heavy atom. The molecule has 0 saturated carbocycles. The Balaban J connectivity index is 1.98. The van der Waals surface area contributed by atoms with Crippen LogP contribution in [0.5, 0.6) is 0 Å². The van der Waals surface area contributed by atoms with E-state index in [0.717, 1.165) is 5.56 Å². The molecule has 0 aromatic heterocycles. The van der Waals surface area contributed by atoms with E-state index in [9.17, 15) is 9.18 Å². The molecule has 0 aliphatic rings. The lowest BCUT2D eigenvalue weighted by atomic mass is 10.1. The number of anilines is 1. The van der Waals surface area contributed by atoms with Crippen molar-refractivity contribution in [2.24, 2.45) is 0 Å². The smallest absolute Gasteiger partial charge is 0.241 e. The minimum Gasteiger partial charge on any atom is -0.325 e. The molecule has 0 radical (unpaired) electrons. The van der Waals surface area contributed by atoms with Crippen molar-refractivity contribution in [1.82, 2.24) is 4.90 Å². The number of amides is 1. The lowest BCUT2D eigenvalue weighted by Crippen LogP contribution is -2.39. The van der Waals surface area contributed by atoms with Gasteiger partial charge in [-0.3, -0.25) is 9.69 Å². The van der Waals surface area contributed by atoms with Gasteiger partial charge in [0.05, 0.1) is 17.7 Å². The van der Waals surface area contributed by atoms with Gasteiger partial charge in [-0.05, 0) is 49.9 Å². The molecule has 1 N–H and O–H groups in total. The summed E-state index contributed by atoms with van der Waals surface area (Å²) in [6.07, 6.45) is 0. The molecule has 0 unspecified atom stereocenters. The summed E-state index contributed by atoms with van der Waals surface area (Å²) in [6.45, 7) is 2.33. The molecule has 2 rings (SSSR count). The molecule has 118 valence electrons. The Kier molecular flexibility index (Phi) is 5.45. The Bertz CT molecular complexity index is 722. The maximum absolute atomic E-state index is 12.9. The molecular weight excluding hydrogens is 293 g/mol. The average Bonchev–Trinajstić information content (AvgIpc) is 2.56. The van der Waals surface area contributed by atoms with Crippen molar-refractivity contribution in [3.63, 3.8) is 0 Å². The maximum atomic E-state index is 12.9. The van der Waals surface area contributed by atoms with E-state index in [1.807, 2.05) is 18.0 Å². The number of halogens is 1. The number of hydrogen-bond donors (Lipinski definition) is 1. The van der Waals surface area contributed by atoms with E-state index in [0.29, 0.717) is 17.8 Å². The van der Waals surface area contributed by atoms with Crippen LogP contribution in [0.3, 0.4) is 0 Å². The fourth-order valence-corrected chi connectivity index (χ4v) is 2.13. The molecule has 0 saturated heterocycles. The highest BCUT2D eigenvalue weighted by Gasteiger charge is 2.18. The number of rotatable bonds is 5. The van der Waals surface area contributed by atoms with Gasteiger partial charge in [0.25, 0.3) is 0 Å². The van der Waals surface area contributed by atoms with Gasteiger partial charge in [-0.1, -0.05) is 18.2 Å². The molecule has 5 heteroatoms. The highest BCUT2D eigenvalue weighted by molar-refractivity contribution is 5.94. The van der Waals surface area contributed by atoms with E-state index in [4.69, 9.17) is 5.26 Å². The van der Waals surface area contributed by atoms with Crippen LogP contribution in [0.1, 0.15) is 18.1 Å². The second kappa shape index (κ2) is 7.52. The normalized spacial score (nSPS) is 11.8. The summed E-state index contributed by atoms with van der Waals surface area (Å²) < 4.78 is 12.9. The predicted molar refractivity (Wildman–Crippen MR) is 87.1 cm³/mol. The number of likely N-dealkylation sites (N-methyl/N-ethyl adjacent to an activating group) is 1. The Labute approximate surface area is 135 Å². The number of hydrogen-bond acceptors (Lipinski definition) is 3. The van der Waals surface area contributed by atoms with Gasteiger partial charge in [-0.2, -0.15) is 5.26 Å². The van der Waals surface area contributed by atoms with E-state index >= 15 is 0 Å². The quantitative estimate of drug-likeness (QED) is 0.923. The lowest BCUT2D eigenvalue weighted by Gasteiger charge is -2.24. The zero-order valence-corrected chi connectivity index (χ0v) is 13.1. The van der Waals surface area contributed by atoms with Gasteiger partial charge < -0.3 is 5.32 Å². The first-order chi connectivity index (χ1) is 11.0. The summed E-state index contributed by atoms with van der Waals surface area (Å²) >= 11 is 0. The van der Waals surface area contributed by atoms with Gasteiger partial charge in [0.2, 0.25) is 5.91 Å². The molecule has 2 aromatic carbocycles. The topological polar surface area (TPSA) is 56.1 Å². The number of carbonyl (C=O) groups is 1. The lowest BCUT2D eigenvalue weighted by molar-refractivity contribution is -0.120. The first-order valence-corrected chi connectivity index (χ1v) is 7.25. The monoisotopic (exact) mass is 311 g/mol. The molecule has 0 aliphatic carbocycles. The summed E-state index contributed by atoms with van der Waals surface area (Å²) in [5, 5.41) is 11.7. The number of benzene rings is 2. The molecular formula is C18H18FN3O. The molecule has 4 nitrogen and oxygen atoms in total. The number of nitriles is 1. The standard InChI is InChI=1S/C18H18FN3O/c1-13(22(2)12-14-6-8-16(19)9-7-14)18(23)21-17-5-3-4-15(10-17)11-20/h3-10,13H,12H2,1-2H3,(H,21,23)/t13-/m1/s1. The third-order valence-electron chi connectivity index (χ3n) is 3.65. The molecule has 0 fully saturated rings. The van der Waals surface area contributed by atoms with Crippen LogP contribution >= 0.6 is 0 Å². The minimum atomic E-state index is -0.370. The van der Waals surface area contributed by atoms with E-state index in [1.54, 1.807) is 43.3 Å². The molecule has 2 aromatic rings. The fraction of sp³-hybridized carbons (Fsp3) is 0.222. The first-order valence-electron chi connectivity index (χ1n) is 7.25. The number of nitrogens with one attached hydrogen (secondary N) is 1. The van der Waals surface area contributed by atoms with Crippen LogP contribution < -0.4 is 5.32 Å². The number of nitrogens with zero attached hydrogens (tertiary/aromatic N) is 2. The van der Waals surface area contributed by atoms with Crippen LogP contribution in [-0.4, -0.2) is 23.9 Å². The van der Waals surface area contributed by atoms with E-state index in [1.165, 1.54) is 12.1 Å². The summed E-state index contributed by atoms with van der Waals surface area (Å²) in [4.78, 5) is 14.2. The Morgan fingerprint density at radius 2 is 2.00 bits per heavy atom.